The zero-order valence-electron chi connectivity index (χ0n) is 13.3. The molecule has 122 valence electrons. The number of benzene rings is 1. The van der Waals surface area contributed by atoms with Gasteiger partial charge in [0.05, 0.1) is 12.1 Å². The van der Waals surface area contributed by atoms with Crippen molar-refractivity contribution in [2.45, 2.75) is 32.2 Å². The number of hydrogen-bond donors (Lipinski definition) is 1. The van der Waals surface area contributed by atoms with Gasteiger partial charge in [-0.25, -0.2) is 4.98 Å². The molecule has 5 nitrogen and oxygen atoms in total. The Kier molecular flexibility index (Phi) is 4.76. The molecule has 1 saturated heterocycles. The van der Waals surface area contributed by atoms with Gasteiger partial charge in [-0.1, -0.05) is 18.2 Å². The number of nitrogens with zero attached hydrogens (tertiary/aromatic N) is 2. The molecule has 1 aliphatic rings. The van der Waals surface area contributed by atoms with Crippen molar-refractivity contribution in [3.05, 3.63) is 42.3 Å². The van der Waals surface area contributed by atoms with E-state index in [2.05, 4.69) is 11.9 Å². The fourth-order valence-electron chi connectivity index (χ4n) is 3.04. The topological polar surface area (TPSA) is 66.6 Å². The quantitative estimate of drug-likeness (QED) is 0.941. The van der Waals surface area contributed by atoms with Gasteiger partial charge < -0.3 is 14.4 Å². The summed E-state index contributed by atoms with van der Waals surface area (Å²) in [5, 5.41) is 9.33. The van der Waals surface area contributed by atoms with Gasteiger partial charge in [0.1, 0.15) is 6.26 Å². The van der Waals surface area contributed by atoms with Crippen molar-refractivity contribution >= 4 is 5.91 Å². The molecular weight excluding hydrogens is 292 g/mol. The second-order valence-electron chi connectivity index (χ2n) is 6.21. The molecule has 2 unspecified atom stereocenters. The van der Waals surface area contributed by atoms with Gasteiger partial charge in [-0.15, -0.1) is 0 Å². The molecule has 0 aliphatic carbocycles. The van der Waals surface area contributed by atoms with Gasteiger partial charge in [-0.2, -0.15) is 0 Å². The summed E-state index contributed by atoms with van der Waals surface area (Å²) in [6.45, 7) is 2.82. The maximum absolute atomic E-state index is 12.5. The molecular formula is C18H22N2O3. The van der Waals surface area contributed by atoms with Gasteiger partial charge in [0, 0.05) is 24.8 Å². The van der Waals surface area contributed by atoms with Crippen LogP contribution < -0.4 is 0 Å². The van der Waals surface area contributed by atoms with Crippen molar-refractivity contribution in [2.75, 3.05) is 13.2 Å². The van der Waals surface area contributed by atoms with E-state index in [0.717, 1.165) is 18.4 Å². The van der Waals surface area contributed by atoms with Crippen LogP contribution in [0, 0.1) is 5.92 Å². The van der Waals surface area contributed by atoms with Crippen LogP contribution in [0.5, 0.6) is 0 Å². The number of aromatic nitrogens is 1. The molecule has 1 aromatic heterocycles. The molecule has 0 spiro atoms. The average Bonchev–Trinajstić information content (AvgIpc) is 3.04. The summed E-state index contributed by atoms with van der Waals surface area (Å²) < 4.78 is 5.49. The first kappa shape index (κ1) is 15.7. The lowest BCUT2D eigenvalue weighted by Crippen LogP contribution is -2.47. The Balaban J connectivity index is 1.67. The Labute approximate surface area is 135 Å². The predicted octanol–water partition coefficient (Wildman–Crippen LogP) is 2.50. The van der Waals surface area contributed by atoms with E-state index in [0.29, 0.717) is 18.1 Å². The number of hydrogen-bond acceptors (Lipinski definition) is 4. The van der Waals surface area contributed by atoms with E-state index in [9.17, 15) is 9.90 Å². The predicted molar refractivity (Wildman–Crippen MR) is 86.6 cm³/mol. The van der Waals surface area contributed by atoms with Crippen LogP contribution in [0.2, 0.25) is 0 Å². The summed E-state index contributed by atoms with van der Waals surface area (Å²) in [7, 11) is 0. The molecule has 0 saturated carbocycles. The highest BCUT2D eigenvalue weighted by Gasteiger charge is 2.29. The fraction of sp³-hybridized carbons (Fsp3) is 0.444. The standard InChI is InChI=1S/C18H22N2O3/c1-13-7-8-14(11-21)10-20(13)17(22)9-16-12-23-18(19-16)15-5-3-2-4-6-15/h2-6,12-14,21H,7-11H2,1H3. The number of aliphatic hydroxyl groups is 1. The van der Waals surface area contributed by atoms with Gasteiger partial charge in [-0.3, -0.25) is 4.79 Å². The molecule has 1 aromatic carbocycles. The van der Waals surface area contributed by atoms with Crippen LogP contribution in [-0.2, 0) is 11.2 Å². The Morgan fingerprint density at radius 2 is 2.13 bits per heavy atom. The van der Waals surface area contributed by atoms with Crippen molar-refractivity contribution < 1.29 is 14.3 Å². The zero-order valence-corrected chi connectivity index (χ0v) is 13.3. The van der Waals surface area contributed by atoms with Crippen molar-refractivity contribution in [1.29, 1.82) is 0 Å². The number of piperidine rings is 1. The normalized spacial score (nSPS) is 21.4. The number of carbonyl (C=O) groups is 1. The molecule has 1 fully saturated rings. The Morgan fingerprint density at radius 3 is 2.87 bits per heavy atom. The molecule has 0 bridgehead atoms. The van der Waals surface area contributed by atoms with Gasteiger partial charge >= 0.3 is 0 Å². The van der Waals surface area contributed by atoms with E-state index >= 15 is 0 Å². The van der Waals surface area contributed by atoms with Gasteiger partial charge in [0.15, 0.2) is 0 Å². The first-order valence-electron chi connectivity index (χ1n) is 8.07. The summed E-state index contributed by atoms with van der Waals surface area (Å²) >= 11 is 0. The lowest BCUT2D eigenvalue weighted by Gasteiger charge is -2.37. The zero-order chi connectivity index (χ0) is 16.2. The van der Waals surface area contributed by atoms with E-state index in [1.54, 1.807) is 6.26 Å². The Hall–Kier alpha value is -2.14. The first-order chi connectivity index (χ1) is 11.2. The molecule has 1 aliphatic heterocycles. The van der Waals surface area contributed by atoms with E-state index in [1.165, 1.54) is 0 Å². The third kappa shape index (κ3) is 3.62. The molecule has 23 heavy (non-hydrogen) atoms. The van der Waals surface area contributed by atoms with Crippen LogP contribution in [-0.4, -0.2) is 40.1 Å². The van der Waals surface area contributed by atoms with Crippen molar-refractivity contribution in [3.8, 4) is 11.5 Å². The van der Waals surface area contributed by atoms with E-state index in [4.69, 9.17) is 4.42 Å². The number of amides is 1. The van der Waals surface area contributed by atoms with Gasteiger partial charge in [0.25, 0.3) is 0 Å². The second kappa shape index (κ2) is 6.96. The molecule has 0 radical (unpaired) electrons. The highest BCUT2D eigenvalue weighted by Crippen LogP contribution is 2.23. The van der Waals surface area contributed by atoms with Crippen LogP contribution in [0.15, 0.2) is 41.0 Å². The van der Waals surface area contributed by atoms with E-state index < -0.39 is 0 Å². The minimum atomic E-state index is 0.0450. The SMILES string of the molecule is CC1CCC(CO)CN1C(=O)Cc1coc(-c2ccccc2)n1. The minimum Gasteiger partial charge on any atom is -0.444 e. The molecule has 2 atom stereocenters. The number of aliphatic hydroxyl groups excluding tert-OH is 1. The maximum atomic E-state index is 12.5. The van der Waals surface area contributed by atoms with Crippen LogP contribution in [0.25, 0.3) is 11.5 Å². The van der Waals surface area contributed by atoms with Crippen LogP contribution in [0.1, 0.15) is 25.5 Å². The first-order valence-corrected chi connectivity index (χ1v) is 8.07. The summed E-state index contributed by atoms with van der Waals surface area (Å²) in [6.07, 6.45) is 3.70. The van der Waals surface area contributed by atoms with Crippen LogP contribution in [0.4, 0.5) is 0 Å². The highest BCUT2D eigenvalue weighted by molar-refractivity contribution is 5.78. The second-order valence-corrected chi connectivity index (χ2v) is 6.21. The lowest BCUT2D eigenvalue weighted by molar-refractivity contribution is -0.135. The lowest BCUT2D eigenvalue weighted by atomic mass is 9.94. The van der Waals surface area contributed by atoms with Crippen LogP contribution >= 0.6 is 0 Å². The van der Waals surface area contributed by atoms with Crippen molar-refractivity contribution in [3.63, 3.8) is 0 Å². The van der Waals surface area contributed by atoms with E-state index in [-0.39, 0.29) is 30.9 Å². The fourth-order valence-corrected chi connectivity index (χ4v) is 3.04. The smallest absolute Gasteiger partial charge is 0.228 e. The minimum absolute atomic E-state index is 0.0450. The number of carbonyl (C=O) groups excluding carboxylic acids is 1. The highest BCUT2D eigenvalue weighted by atomic mass is 16.3. The molecule has 3 rings (SSSR count). The number of rotatable bonds is 4. The summed E-state index contributed by atoms with van der Waals surface area (Å²) in [5.41, 5.74) is 1.55. The van der Waals surface area contributed by atoms with Crippen molar-refractivity contribution in [1.82, 2.24) is 9.88 Å². The van der Waals surface area contributed by atoms with E-state index in [1.807, 2.05) is 35.2 Å². The molecule has 2 aromatic rings. The molecule has 2 heterocycles. The molecule has 5 heteroatoms. The van der Waals surface area contributed by atoms with Gasteiger partial charge in [0.2, 0.25) is 11.8 Å². The largest absolute Gasteiger partial charge is 0.444 e. The number of likely N-dealkylation sites (tertiary alicyclic amines) is 1. The monoisotopic (exact) mass is 314 g/mol. The summed E-state index contributed by atoms with van der Waals surface area (Å²) in [5.74, 6) is 0.768. The third-order valence-electron chi connectivity index (χ3n) is 4.46. The number of oxazole rings is 1. The van der Waals surface area contributed by atoms with Crippen molar-refractivity contribution in [2.24, 2.45) is 5.92 Å². The Morgan fingerprint density at radius 1 is 1.35 bits per heavy atom. The molecule has 1 amide bonds. The summed E-state index contributed by atoms with van der Waals surface area (Å²) in [4.78, 5) is 18.8. The Bertz CT molecular complexity index is 653. The average molecular weight is 314 g/mol. The maximum Gasteiger partial charge on any atom is 0.228 e. The van der Waals surface area contributed by atoms with Gasteiger partial charge in [-0.05, 0) is 37.8 Å². The molecule has 1 N–H and O–H groups in total. The van der Waals surface area contributed by atoms with Crippen LogP contribution in [0.3, 0.4) is 0 Å². The summed E-state index contributed by atoms with van der Waals surface area (Å²) in [6, 6.07) is 9.85. The third-order valence-corrected chi connectivity index (χ3v) is 4.46.